The fourth-order valence-electron chi connectivity index (χ4n) is 1.49. The van der Waals surface area contributed by atoms with Gasteiger partial charge in [0.2, 0.25) is 0 Å². The maximum atomic E-state index is 9.78. The summed E-state index contributed by atoms with van der Waals surface area (Å²) >= 11 is 4.11. The van der Waals surface area contributed by atoms with Crippen molar-refractivity contribution in [1.29, 1.82) is 0 Å². The Balaban J connectivity index is 2.81. The van der Waals surface area contributed by atoms with Gasteiger partial charge in [-0.3, -0.25) is 0 Å². The third-order valence-electron chi connectivity index (χ3n) is 2.29. The fraction of sp³-hybridized carbons (Fsp3) is 0.500. The number of aryl methyl sites for hydroxylation is 1. The van der Waals surface area contributed by atoms with Gasteiger partial charge in [0.05, 0.1) is 12.7 Å². The number of ether oxygens (including phenoxy) is 1. The highest BCUT2D eigenvalue weighted by atomic mass is 32.1. The summed E-state index contributed by atoms with van der Waals surface area (Å²) < 4.78 is 5.43. The largest absolute Gasteiger partial charge is 0.494 e. The monoisotopic (exact) mass is 226 g/mol. The number of hydrogen-bond acceptors (Lipinski definition) is 3. The van der Waals surface area contributed by atoms with Gasteiger partial charge in [-0.25, -0.2) is 0 Å². The smallest absolute Gasteiger partial charge is 0.122 e. The molecule has 1 unspecified atom stereocenters. The van der Waals surface area contributed by atoms with Gasteiger partial charge in [0.25, 0.3) is 0 Å². The zero-order chi connectivity index (χ0) is 11.3. The molecule has 0 heterocycles. The van der Waals surface area contributed by atoms with Crippen molar-refractivity contribution in [3.8, 4) is 5.75 Å². The van der Waals surface area contributed by atoms with Gasteiger partial charge >= 0.3 is 0 Å². The van der Waals surface area contributed by atoms with Gasteiger partial charge in [0.1, 0.15) is 5.75 Å². The van der Waals surface area contributed by atoms with Gasteiger partial charge in [-0.2, -0.15) is 12.6 Å². The van der Waals surface area contributed by atoms with E-state index >= 15 is 0 Å². The molecule has 0 radical (unpaired) electrons. The van der Waals surface area contributed by atoms with Crippen molar-refractivity contribution in [2.75, 3.05) is 12.4 Å². The molecule has 0 spiro atoms. The van der Waals surface area contributed by atoms with Crippen LogP contribution in [0.25, 0.3) is 0 Å². The number of benzene rings is 1. The second kappa shape index (κ2) is 6.03. The summed E-state index contributed by atoms with van der Waals surface area (Å²) in [4.78, 5) is 0. The van der Waals surface area contributed by atoms with Crippen molar-refractivity contribution in [3.05, 3.63) is 29.3 Å². The number of thiol groups is 1. The van der Waals surface area contributed by atoms with E-state index in [9.17, 15) is 5.11 Å². The van der Waals surface area contributed by atoms with Crippen LogP contribution in [0.1, 0.15) is 30.6 Å². The summed E-state index contributed by atoms with van der Waals surface area (Å²) in [7, 11) is 0. The number of rotatable bonds is 5. The lowest BCUT2D eigenvalue weighted by atomic mass is 10.0. The molecule has 0 saturated carbocycles. The molecular weight excluding hydrogens is 208 g/mol. The molecule has 0 bridgehead atoms. The third kappa shape index (κ3) is 3.43. The van der Waals surface area contributed by atoms with Gasteiger partial charge < -0.3 is 9.84 Å². The molecule has 0 aliphatic rings. The Hall–Kier alpha value is -0.670. The molecule has 1 aromatic carbocycles. The number of aliphatic hydroxyl groups excluding tert-OH is 1. The van der Waals surface area contributed by atoms with Gasteiger partial charge in [0, 0.05) is 0 Å². The van der Waals surface area contributed by atoms with Crippen molar-refractivity contribution in [2.24, 2.45) is 0 Å². The van der Waals surface area contributed by atoms with Crippen LogP contribution in [0.4, 0.5) is 0 Å². The van der Waals surface area contributed by atoms with Crippen LogP contribution in [0.3, 0.4) is 0 Å². The average molecular weight is 226 g/mol. The SMILES string of the molecule is CCOc1ccc(C(O)CCS)cc1C. The molecule has 1 aromatic rings. The van der Waals surface area contributed by atoms with Crippen molar-refractivity contribution in [2.45, 2.75) is 26.4 Å². The van der Waals surface area contributed by atoms with E-state index < -0.39 is 6.10 Å². The quantitative estimate of drug-likeness (QED) is 0.756. The van der Waals surface area contributed by atoms with Gasteiger partial charge in [-0.15, -0.1) is 0 Å². The van der Waals surface area contributed by atoms with Crippen LogP contribution in [0, 0.1) is 6.92 Å². The maximum Gasteiger partial charge on any atom is 0.122 e. The Labute approximate surface area is 96.7 Å². The minimum Gasteiger partial charge on any atom is -0.494 e. The summed E-state index contributed by atoms with van der Waals surface area (Å²) in [5, 5.41) is 9.78. The maximum absolute atomic E-state index is 9.78. The first-order valence-corrected chi connectivity index (χ1v) is 5.84. The summed E-state index contributed by atoms with van der Waals surface area (Å²) in [6.07, 6.45) is 0.258. The summed E-state index contributed by atoms with van der Waals surface area (Å²) in [5.74, 6) is 1.58. The summed E-state index contributed by atoms with van der Waals surface area (Å²) in [5.41, 5.74) is 2.00. The molecule has 0 fully saturated rings. The fourth-order valence-corrected chi connectivity index (χ4v) is 1.73. The molecule has 0 aliphatic heterocycles. The van der Waals surface area contributed by atoms with E-state index in [2.05, 4.69) is 12.6 Å². The van der Waals surface area contributed by atoms with Crippen molar-refractivity contribution < 1.29 is 9.84 Å². The van der Waals surface area contributed by atoms with Crippen LogP contribution in [0.5, 0.6) is 5.75 Å². The van der Waals surface area contributed by atoms with Gasteiger partial charge in [-0.1, -0.05) is 6.07 Å². The van der Waals surface area contributed by atoms with E-state index in [0.29, 0.717) is 18.8 Å². The van der Waals surface area contributed by atoms with E-state index in [-0.39, 0.29) is 0 Å². The molecule has 0 aromatic heterocycles. The first-order chi connectivity index (χ1) is 7.19. The van der Waals surface area contributed by atoms with E-state index in [1.54, 1.807) is 0 Å². The van der Waals surface area contributed by atoms with E-state index in [0.717, 1.165) is 16.9 Å². The average Bonchev–Trinajstić information content (AvgIpc) is 2.21. The topological polar surface area (TPSA) is 29.5 Å². The molecule has 1 rings (SSSR count). The number of aliphatic hydroxyl groups is 1. The van der Waals surface area contributed by atoms with Crippen molar-refractivity contribution in [1.82, 2.24) is 0 Å². The lowest BCUT2D eigenvalue weighted by Crippen LogP contribution is -2.00. The van der Waals surface area contributed by atoms with Crippen molar-refractivity contribution >= 4 is 12.6 Å². The minimum atomic E-state index is -0.420. The highest BCUT2D eigenvalue weighted by Gasteiger charge is 2.08. The Morgan fingerprint density at radius 3 is 2.73 bits per heavy atom. The lowest BCUT2D eigenvalue weighted by Gasteiger charge is -2.12. The third-order valence-corrected chi connectivity index (χ3v) is 2.54. The Morgan fingerprint density at radius 2 is 2.20 bits per heavy atom. The zero-order valence-corrected chi connectivity index (χ0v) is 10.1. The predicted molar refractivity (Wildman–Crippen MR) is 65.8 cm³/mol. The second-order valence-corrected chi connectivity index (χ2v) is 3.93. The first kappa shape index (κ1) is 12.4. The highest BCUT2D eigenvalue weighted by molar-refractivity contribution is 7.80. The zero-order valence-electron chi connectivity index (χ0n) is 9.23. The molecule has 15 heavy (non-hydrogen) atoms. The standard InChI is InChI=1S/C12H18O2S/c1-3-14-12-5-4-10(8-9(12)2)11(13)6-7-15/h4-5,8,11,13,15H,3,6-7H2,1-2H3. The Morgan fingerprint density at radius 1 is 1.47 bits per heavy atom. The summed E-state index contributed by atoms with van der Waals surface area (Å²) in [6, 6.07) is 5.79. The molecule has 1 N–H and O–H groups in total. The molecule has 0 saturated heterocycles. The van der Waals surface area contributed by atoms with E-state index in [1.807, 2.05) is 32.0 Å². The van der Waals surface area contributed by atoms with Crippen LogP contribution in [0.15, 0.2) is 18.2 Å². The predicted octanol–water partition coefficient (Wildman–Crippen LogP) is 2.75. The normalized spacial score (nSPS) is 12.5. The van der Waals surface area contributed by atoms with E-state index in [4.69, 9.17) is 4.74 Å². The molecule has 0 amide bonds. The van der Waals surface area contributed by atoms with Crippen LogP contribution >= 0.6 is 12.6 Å². The second-order valence-electron chi connectivity index (χ2n) is 3.49. The minimum absolute atomic E-state index is 0.420. The van der Waals surface area contributed by atoms with Crippen molar-refractivity contribution in [3.63, 3.8) is 0 Å². The highest BCUT2D eigenvalue weighted by Crippen LogP contribution is 2.24. The molecule has 84 valence electrons. The van der Waals surface area contributed by atoms with Gasteiger partial charge in [0.15, 0.2) is 0 Å². The molecule has 1 atom stereocenters. The molecule has 3 heteroatoms. The summed E-state index contributed by atoms with van der Waals surface area (Å²) in [6.45, 7) is 4.62. The molecule has 2 nitrogen and oxygen atoms in total. The first-order valence-electron chi connectivity index (χ1n) is 5.21. The molecular formula is C12H18O2S. The van der Waals surface area contributed by atoms with E-state index in [1.165, 1.54) is 0 Å². The number of hydrogen-bond donors (Lipinski definition) is 2. The van der Waals surface area contributed by atoms with Crippen LogP contribution in [-0.4, -0.2) is 17.5 Å². The van der Waals surface area contributed by atoms with Crippen LogP contribution in [-0.2, 0) is 0 Å². The Bertz CT molecular complexity index is 312. The van der Waals surface area contributed by atoms with Crippen LogP contribution < -0.4 is 4.74 Å². The van der Waals surface area contributed by atoms with Gasteiger partial charge in [-0.05, 0) is 49.3 Å². The Kier molecular flexibility index (Phi) is 4.99. The molecule has 0 aliphatic carbocycles. The lowest BCUT2D eigenvalue weighted by molar-refractivity contribution is 0.175. The van der Waals surface area contributed by atoms with Crippen LogP contribution in [0.2, 0.25) is 0 Å².